The van der Waals surface area contributed by atoms with Gasteiger partial charge >= 0.3 is 0 Å². The Hall–Kier alpha value is -4.41. The van der Waals surface area contributed by atoms with Crippen molar-refractivity contribution in [2.45, 2.75) is 0 Å². The van der Waals surface area contributed by atoms with Gasteiger partial charge in [-0.3, -0.25) is 14.4 Å². The lowest BCUT2D eigenvalue weighted by atomic mass is 10.0. The van der Waals surface area contributed by atoms with E-state index >= 15 is 0 Å². The fourth-order valence-electron chi connectivity index (χ4n) is 5.12. The molecule has 1 N–H and O–H groups in total. The summed E-state index contributed by atoms with van der Waals surface area (Å²) in [4.78, 5) is 49.2. The summed E-state index contributed by atoms with van der Waals surface area (Å²) in [5, 5.41) is 7.58. The van der Waals surface area contributed by atoms with Gasteiger partial charge in [0.25, 0.3) is 17.6 Å². The van der Waals surface area contributed by atoms with Gasteiger partial charge < -0.3 is 14.8 Å². The number of likely N-dealkylation sites (tertiary alicyclic amines) is 2. The number of nitrogens with one attached hydrogen (secondary N) is 1. The highest BCUT2D eigenvalue weighted by Crippen LogP contribution is 2.33. The van der Waals surface area contributed by atoms with Gasteiger partial charge in [0, 0.05) is 49.8 Å². The number of rotatable bonds is 4. The molecule has 176 valence electrons. The van der Waals surface area contributed by atoms with Gasteiger partial charge in [-0.05, 0) is 12.1 Å². The van der Waals surface area contributed by atoms with Gasteiger partial charge in [-0.15, -0.1) is 5.10 Å². The summed E-state index contributed by atoms with van der Waals surface area (Å²) in [6, 6.07) is 9.09. The van der Waals surface area contributed by atoms with E-state index in [4.69, 9.17) is 0 Å². The molecule has 0 aliphatic carbocycles. The molecular weight excluding hydrogens is 453 g/mol. The molecule has 10 nitrogen and oxygen atoms in total. The van der Waals surface area contributed by atoms with Crippen LogP contribution in [0.15, 0.2) is 55.1 Å². The van der Waals surface area contributed by atoms with Crippen molar-refractivity contribution in [2.75, 3.05) is 26.2 Å². The van der Waals surface area contributed by atoms with Gasteiger partial charge in [0.05, 0.1) is 35.1 Å². The van der Waals surface area contributed by atoms with E-state index in [1.165, 1.54) is 22.0 Å². The van der Waals surface area contributed by atoms with E-state index in [1.54, 1.807) is 18.3 Å². The lowest BCUT2D eigenvalue weighted by Gasteiger charge is -2.21. The molecule has 2 aliphatic rings. The number of H-pyrrole nitrogens is 1. The number of nitrogens with zero attached hydrogens (tertiary/aromatic N) is 6. The summed E-state index contributed by atoms with van der Waals surface area (Å²) in [6.07, 6.45) is 5.32. The first kappa shape index (κ1) is 21.1. The van der Waals surface area contributed by atoms with E-state index in [0.717, 1.165) is 6.20 Å². The number of hydrogen-bond donors (Lipinski definition) is 1. The number of Topliss-reactive ketones (excluding diaryl/α,β-unsaturated/α-hetero) is 1. The van der Waals surface area contributed by atoms with E-state index in [1.807, 2.05) is 23.1 Å². The fourth-order valence-corrected chi connectivity index (χ4v) is 5.12. The van der Waals surface area contributed by atoms with Gasteiger partial charge in [-0.25, -0.2) is 14.1 Å². The van der Waals surface area contributed by atoms with Crippen molar-refractivity contribution in [3.05, 3.63) is 72.1 Å². The average molecular weight is 473 g/mol. The Bertz CT molecular complexity index is 1440. The minimum Gasteiger partial charge on any atom is -0.357 e. The molecule has 5 heterocycles. The van der Waals surface area contributed by atoms with Crippen LogP contribution in [0.3, 0.4) is 0 Å². The highest BCUT2D eigenvalue weighted by atomic mass is 19.1. The first-order valence-corrected chi connectivity index (χ1v) is 11.2. The highest BCUT2D eigenvalue weighted by molar-refractivity contribution is 6.45. The predicted molar refractivity (Wildman–Crippen MR) is 121 cm³/mol. The van der Waals surface area contributed by atoms with Crippen LogP contribution in [0.2, 0.25) is 0 Å². The maximum atomic E-state index is 14.7. The monoisotopic (exact) mass is 473 g/mol. The number of halogens is 1. The number of fused-ring (bicyclic) bond motifs is 2. The van der Waals surface area contributed by atoms with Crippen molar-refractivity contribution in [3.63, 3.8) is 0 Å². The summed E-state index contributed by atoms with van der Waals surface area (Å²) in [5.41, 5.74) is 0.834. The van der Waals surface area contributed by atoms with E-state index in [0.29, 0.717) is 31.7 Å². The van der Waals surface area contributed by atoms with Crippen LogP contribution in [-0.4, -0.2) is 78.5 Å². The van der Waals surface area contributed by atoms with E-state index in [9.17, 15) is 18.8 Å². The molecule has 3 aromatic heterocycles. The van der Waals surface area contributed by atoms with Crippen molar-refractivity contribution >= 4 is 28.5 Å². The van der Waals surface area contributed by atoms with Crippen molar-refractivity contribution in [2.24, 2.45) is 11.8 Å². The number of pyridine rings is 1. The molecule has 6 rings (SSSR count). The molecule has 2 fully saturated rings. The molecule has 2 aliphatic heterocycles. The molecule has 0 radical (unpaired) electrons. The maximum absolute atomic E-state index is 14.7. The average Bonchev–Trinajstić information content (AvgIpc) is 3.67. The molecule has 2 unspecified atom stereocenters. The predicted octanol–water partition coefficient (Wildman–Crippen LogP) is 1.70. The number of aromatic amines is 1. The standard InChI is InChI=1S/C24H20FN7O3/c25-18-9-27-22(32-7-6-28-29-32)20-19(18)17(8-26-20)21(33)24(35)31-12-15-10-30(11-16(15)13-31)23(34)14-4-2-1-3-5-14/h1-9,15-16,26H,10-13H2. The van der Waals surface area contributed by atoms with Crippen molar-refractivity contribution in [3.8, 4) is 5.82 Å². The maximum Gasteiger partial charge on any atom is 0.295 e. The van der Waals surface area contributed by atoms with Crippen molar-refractivity contribution in [1.29, 1.82) is 0 Å². The second-order valence-electron chi connectivity index (χ2n) is 8.87. The van der Waals surface area contributed by atoms with Crippen LogP contribution >= 0.6 is 0 Å². The van der Waals surface area contributed by atoms with Crippen molar-refractivity contribution < 1.29 is 18.8 Å². The Labute approximate surface area is 198 Å². The lowest BCUT2D eigenvalue weighted by Crippen LogP contribution is -2.38. The zero-order valence-electron chi connectivity index (χ0n) is 18.5. The van der Waals surface area contributed by atoms with E-state index in [-0.39, 0.29) is 40.0 Å². The van der Waals surface area contributed by atoms with Crippen LogP contribution < -0.4 is 0 Å². The number of aromatic nitrogens is 5. The van der Waals surface area contributed by atoms with Crippen LogP contribution in [0, 0.1) is 17.7 Å². The number of amides is 2. The lowest BCUT2D eigenvalue weighted by molar-refractivity contribution is -0.125. The molecule has 0 spiro atoms. The molecule has 1 aromatic carbocycles. The van der Waals surface area contributed by atoms with Gasteiger partial charge in [0.1, 0.15) is 0 Å². The third kappa shape index (κ3) is 3.47. The highest BCUT2D eigenvalue weighted by Gasteiger charge is 2.44. The molecule has 4 aromatic rings. The molecule has 2 atom stereocenters. The van der Waals surface area contributed by atoms with Crippen LogP contribution in [0.4, 0.5) is 4.39 Å². The largest absolute Gasteiger partial charge is 0.357 e. The minimum absolute atomic E-state index is 0.0112. The third-order valence-electron chi connectivity index (χ3n) is 6.80. The summed E-state index contributed by atoms with van der Waals surface area (Å²) in [5.74, 6) is -1.74. The topological polar surface area (TPSA) is 117 Å². The summed E-state index contributed by atoms with van der Waals surface area (Å²) < 4.78 is 16.1. The number of hydrogen-bond acceptors (Lipinski definition) is 6. The molecular formula is C24H20FN7O3. The SMILES string of the molecule is O=C(C(=O)N1CC2CN(C(=O)c3ccccc3)CC2C1)c1c[nH]c2c(-n3ccnn3)ncc(F)c12. The molecule has 35 heavy (non-hydrogen) atoms. The summed E-state index contributed by atoms with van der Waals surface area (Å²) in [7, 11) is 0. The van der Waals surface area contributed by atoms with Crippen molar-refractivity contribution in [1.82, 2.24) is 34.8 Å². The Balaban J connectivity index is 1.19. The van der Waals surface area contributed by atoms with Crippen LogP contribution in [0.25, 0.3) is 16.7 Å². The van der Waals surface area contributed by atoms with Gasteiger partial charge in [0.15, 0.2) is 11.6 Å². The zero-order chi connectivity index (χ0) is 24.1. The first-order chi connectivity index (χ1) is 17.0. The molecule has 0 bridgehead atoms. The Morgan fingerprint density at radius 2 is 1.71 bits per heavy atom. The molecule has 0 saturated carbocycles. The Morgan fingerprint density at radius 1 is 1.00 bits per heavy atom. The Morgan fingerprint density at radius 3 is 2.40 bits per heavy atom. The summed E-state index contributed by atoms with van der Waals surface area (Å²) >= 11 is 0. The third-order valence-corrected chi connectivity index (χ3v) is 6.80. The first-order valence-electron chi connectivity index (χ1n) is 11.2. The van der Waals surface area contributed by atoms with Gasteiger partial charge in [0.2, 0.25) is 0 Å². The fraction of sp³-hybridized carbons (Fsp3) is 0.250. The Kier molecular flexibility index (Phi) is 4.90. The zero-order valence-corrected chi connectivity index (χ0v) is 18.5. The number of benzene rings is 1. The second-order valence-corrected chi connectivity index (χ2v) is 8.87. The summed E-state index contributed by atoms with van der Waals surface area (Å²) in [6.45, 7) is 1.82. The van der Waals surface area contributed by atoms with Crippen LogP contribution in [-0.2, 0) is 4.79 Å². The second kappa shape index (κ2) is 8.12. The number of carbonyl (C=O) groups is 3. The number of ketones is 1. The van der Waals surface area contributed by atoms with Crippen LogP contribution in [0.5, 0.6) is 0 Å². The smallest absolute Gasteiger partial charge is 0.295 e. The van der Waals surface area contributed by atoms with E-state index < -0.39 is 17.5 Å². The molecule has 2 saturated heterocycles. The van der Waals surface area contributed by atoms with Gasteiger partial charge in [-0.1, -0.05) is 23.4 Å². The molecule has 2 amide bonds. The number of carbonyl (C=O) groups excluding carboxylic acids is 3. The van der Waals surface area contributed by atoms with Gasteiger partial charge in [-0.2, -0.15) is 0 Å². The van der Waals surface area contributed by atoms with Crippen LogP contribution in [0.1, 0.15) is 20.7 Å². The quantitative estimate of drug-likeness (QED) is 0.356. The minimum atomic E-state index is -0.789. The van der Waals surface area contributed by atoms with E-state index in [2.05, 4.69) is 20.3 Å². The molecule has 11 heteroatoms. The normalized spacial score (nSPS) is 19.3.